The molecule has 7 heteroatoms. The standard InChI is InChI=1S/C30H33N3O4/c1-21(2)19-32(29(34)23-10-9-13-27(18-23)36-5)20-28-22(3)31-33(24-11-7-6-8-12-24)30(28)37-26-16-14-25(35-4)15-17-26/h6-18,21H,19-20H2,1-5H3. The highest BCUT2D eigenvalue weighted by Gasteiger charge is 2.25. The summed E-state index contributed by atoms with van der Waals surface area (Å²) in [5, 5.41) is 4.81. The number of aromatic nitrogens is 2. The first-order chi connectivity index (χ1) is 17.9. The molecule has 0 unspecified atom stereocenters. The summed E-state index contributed by atoms with van der Waals surface area (Å²) in [6, 6.07) is 24.5. The lowest BCUT2D eigenvalue weighted by Crippen LogP contribution is -2.34. The molecule has 1 aromatic heterocycles. The van der Waals surface area contributed by atoms with Crippen molar-refractivity contribution in [3.05, 3.63) is 95.7 Å². The lowest BCUT2D eigenvalue weighted by molar-refractivity contribution is 0.0721. The van der Waals surface area contributed by atoms with Gasteiger partial charge in [0, 0.05) is 12.1 Å². The van der Waals surface area contributed by atoms with Crippen LogP contribution in [0.25, 0.3) is 5.69 Å². The second kappa shape index (κ2) is 11.6. The molecule has 0 aliphatic carbocycles. The molecule has 0 radical (unpaired) electrons. The molecule has 0 saturated carbocycles. The van der Waals surface area contributed by atoms with Crippen LogP contribution in [0.1, 0.15) is 35.5 Å². The van der Waals surface area contributed by atoms with Crippen LogP contribution in [0.15, 0.2) is 78.9 Å². The molecule has 37 heavy (non-hydrogen) atoms. The average Bonchev–Trinajstić information content (AvgIpc) is 3.23. The Balaban J connectivity index is 1.75. The van der Waals surface area contributed by atoms with Crippen LogP contribution in [0.4, 0.5) is 0 Å². The third-order valence-corrected chi connectivity index (χ3v) is 5.95. The van der Waals surface area contributed by atoms with Crippen molar-refractivity contribution in [3.8, 4) is 28.8 Å². The number of nitrogens with zero attached hydrogens (tertiary/aromatic N) is 3. The van der Waals surface area contributed by atoms with E-state index in [-0.39, 0.29) is 11.8 Å². The Labute approximate surface area is 218 Å². The van der Waals surface area contributed by atoms with Gasteiger partial charge in [0.05, 0.1) is 37.7 Å². The Bertz CT molecular complexity index is 1330. The summed E-state index contributed by atoms with van der Waals surface area (Å²) in [5.74, 6) is 2.80. The first-order valence-electron chi connectivity index (χ1n) is 12.3. The number of carbonyl (C=O) groups excluding carboxylic acids is 1. The molecule has 0 aliphatic rings. The molecule has 0 spiro atoms. The maximum absolute atomic E-state index is 13.7. The lowest BCUT2D eigenvalue weighted by Gasteiger charge is -2.25. The summed E-state index contributed by atoms with van der Waals surface area (Å²) >= 11 is 0. The zero-order valence-electron chi connectivity index (χ0n) is 22.0. The molecule has 4 rings (SSSR count). The predicted octanol–water partition coefficient (Wildman–Crippen LogP) is 6.29. The largest absolute Gasteiger partial charge is 0.497 e. The molecule has 0 fully saturated rings. The Morgan fingerprint density at radius 3 is 2.22 bits per heavy atom. The first-order valence-corrected chi connectivity index (χ1v) is 12.3. The summed E-state index contributed by atoms with van der Waals surface area (Å²) in [4.78, 5) is 15.5. The zero-order chi connectivity index (χ0) is 26.4. The monoisotopic (exact) mass is 499 g/mol. The number of carbonyl (C=O) groups is 1. The fourth-order valence-electron chi connectivity index (χ4n) is 4.11. The third kappa shape index (κ3) is 6.12. The van der Waals surface area contributed by atoms with E-state index in [4.69, 9.17) is 19.3 Å². The fourth-order valence-corrected chi connectivity index (χ4v) is 4.11. The van der Waals surface area contributed by atoms with Crippen LogP contribution >= 0.6 is 0 Å². The molecule has 192 valence electrons. The maximum Gasteiger partial charge on any atom is 0.254 e. The van der Waals surface area contributed by atoms with Gasteiger partial charge in [-0.15, -0.1) is 0 Å². The number of ether oxygens (including phenoxy) is 3. The molecular formula is C30H33N3O4. The van der Waals surface area contributed by atoms with Gasteiger partial charge in [-0.25, -0.2) is 4.68 Å². The van der Waals surface area contributed by atoms with E-state index in [2.05, 4.69) is 13.8 Å². The summed E-state index contributed by atoms with van der Waals surface area (Å²) < 4.78 is 18.9. The molecule has 0 N–H and O–H groups in total. The van der Waals surface area contributed by atoms with Crippen molar-refractivity contribution in [2.45, 2.75) is 27.3 Å². The van der Waals surface area contributed by atoms with Crippen LogP contribution in [0.5, 0.6) is 23.1 Å². The van der Waals surface area contributed by atoms with E-state index in [0.717, 1.165) is 22.7 Å². The van der Waals surface area contributed by atoms with E-state index in [1.54, 1.807) is 25.0 Å². The minimum atomic E-state index is -0.0742. The molecule has 0 atom stereocenters. The number of para-hydroxylation sites is 1. The first kappa shape index (κ1) is 25.8. The highest BCUT2D eigenvalue weighted by atomic mass is 16.5. The van der Waals surface area contributed by atoms with Gasteiger partial charge >= 0.3 is 0 Å². The van der Waals surface area contributed by atoms with Crippen LogP contribution in [-0.4, -0.2) is 41.4 Å². The van der Waals surface area contributed by atoms with E-state index >= 15 is 0 Å². The SMILES string of the molecule is COc1ccc(Oc2c(CN(CC(C)C)C(=O)c3cccc(OC)c3)c(C)nn2-c2ccccc2)cc1. The number of hydrogen-bond donors (Lipinski definition) is 0. The predicted molar refractivity (Wildman–Crippen MR) is 144 cm³/mol. The van der Waals surface area contributed by atoms with Crippen molar-refractivity contribution in [2.75, 3.05) is 20.8 Å². The second-order valence-corrected chi connectivity index (χ2v) is 9.21. The number of methoxy groups -OCH3 is 2. The Kier molecular flexibility index (Phi) is 8.13. The summed E-state index contributed by atoms with van der Waals surface area (Å²) in [6.45, 7) is 7.06. The number of hydrogen-bond acceptors (Lipinski definition) is 5. The van der Waals surface area contributed by atoms with E-state index in [9.17, 15) is 4.79 Å². The van der Waals surface area contributed by atoms with Crippen LogP contribution in [0, 0.1) is 12.8 Å². The molecule has 4 aromatic rings. The van der Waals surface area contributed by atoms with E-state index in [1.807, 2.05) is 84.6 Å². The van der Waals surface area contributed by atoms with Gasteiger partial charge in [-0.3, -0.25) is 4.79 Å². The van der Waals surface area contributed by atoms with Gasteiger partial charge in [0.15, 0.2) is 0 Å². The molecule has 0 aliphatic heterocycles. The third-order valence-electron chi connectivity index (χ3n) is 5.95. The lowest BCUT2D eigenvalue weighted by atomic mass is 10.1. The molecule has 1 amide bonds. The highest BCUT2D eigenvalue weighted by molar-refractivity contribution is 5.94. The van der Waals surface area contributed by atoms with E-state index in [0.29, 0.717) is 36.0 Å². The van der Waals surface area contributed by atoms with Crippen molar-refractivity contribution >= 4 is 5.91 Å². The normalized spacial score (nSPS) is 10.9. The molecule has 7 nitrogen and oxygen atoms in total. The minimum absolute atomic E-state index is 0.0742. The van der Waals surface area contributed by atoms with Crippen molar-refractivity contribution in [1.82, 2.24) is 14.7 Å². The van der Waals surface area contributed by atoms with Gasteiger partial charge in [0.25, 0.3) is 5.91 Å². The Morgan fingerprint density at radius 1 is 0.892 bits per heavy atom. The Hall–Kier alpha value is -4.26. The number of amides is 1. The molecule has 0 saturated heterocycles. The van der Waals surface area contributed by atoms with Crippen LogP contribution in [0.3, 0.4) is 0 Å². The van der Waals surface area contributed by atoms with Crippen LogP contribution < -0.4 is 14.2 Å². The molecule has 1 heterocycles. The van der Waals surface area contributed by atoms with Gasteiger partial charge in [0.2, 0.25) is 5.88 Å². The second-order valence-electron chi connectivity index (χ2n) is 9.21. The number of aryl methyl sites for hydroxylation is 1. The average molecular weight is 500 g/mol. The molecular weight excluding hydrogens is 466 g/mol. The van der Waals surface area contributed by atoms with Gasteiger partial charge in [0.1, 0.15) is 17.2 Å². The van der Waals surface area contributed by atoms with Gasteiger partial charge in [-0.05, 0) is 67.4 Å². The smallest absolute Gasteiger partial charge is 0.254 e. The molecule has 0 bridgehead atoms. The van der Waals surface area contributed by atoms with Crippen molar-refractivity contribution < 1.29 is 19.0 Å². The summed E-state index contributed by atoms with van der Waals surface area (Å²) in [7, 11) is 3.23. The maximum atomic E-state index is 13.7. The highest BCUT2D eigenvalue weighted by Crippen LogP contribution is 2.33. The fraction of sp³-hybridized carbons (Fsp3) is 0.267. The minimum Gasteiger partial charge on any atom is -0.497 e. The van der Waals surface area contributed by atoms with E-state index in [1.165, 1.54) is 0 Å². The number of benzene rings is 3. The topological polar surface area (TPSA) is 65.8 Å². The summed E-state index contributed by atoms with van der Waals surface area (Å²) in [6.07, 6.45) is 0. The van der Waals surface area contributed by atoms with Crippen LogP contribution in [0.2, 0.25) is 0 Å². The molecule has 3 aromatic carbocycles. The number of rotatable bonds is 10. The van der Waals surface area contributed by atoms with E-state index < -0.39 is 0 Å². The van der Waals surface area contributed by atoms with Gasteiger partial charge in [-0.1, -0.05) is 38.1 Å². The Morgan fingerprint density at radius 2 is 1.57 bits per heavy atom. The van der Waals surface area contributed by atoms with Crippen LogP contribution in [-0.2, 0) is 6.54 Å². The van der Waals surface area contributed by atoms with Gasteiger partial charge < -0.3 is 19.1 Å². The van der Waals surface area contributed by atoms with Gasteiger partial charge in [-0.2, -0.15) is 5.10 Å². The van der Waals surface area contributed by atoms with Crippen molar-refractivity contribution in [1.29, 1.82) is 0 Å². The van der Waals surface area contributed by atoms with Crippen molar-refractivity contribution in [2.24, 2.45) is 5.92 Å². The van der Waals surface area contributed by atoms with Crippen molar-refractivity contribution in [3.63, 3.8) is 0 Å². The summed E-state index contributed by atoms with van der Waals surface area (Å²) in [5.41, 5.74) is 3.08. The quantitative estimate of drug-likeness (QED) is 0.257. The zero-order valence-corrected chi connectivity index (χ0v) is 22.0.